The lowest BCUT2D eigenvalue weighted by atomic mass is 9.81. The summed E-state index contributed by atoms with van der Waals surface area (Å²) in [4.78, 5) is 95.5. The smallest absolute Gasteiger partial charge is 0.266 e. The van der Waals surface area contributed by atoms with Crippen LogP contribution in [0.1, 0.15) is 153 Å². The number of carbonyl (C=O) groups excluding carboxylic acids is 7. The molecule has 5 unspecified atom stereocenters. The molecule has 1 aliphatic carbocycles. The maximum Gasteiger partial charge on any atom is 0.266 e. The van der Waals surface area contributed by atoms with Crippen LogP contribution in [-0.2, 0) is 34.0 Å². The van der Waals surface area contributed by atoms with Crippen LogP contribution < -0.4 is 26.0 Å². The largest absolute Gasteiger partial charge is 0.493 e. The first kappa shape index (κ1) is 53.0. The Bertz CT molecular complexity index is 2520. The van der Waals surface area contributed by atoms with Crippen LogP contribution in [0.3, 0.4) is 0 Å². The predicted molar refractivity (Wildman–Crippen MR) is 275 cm³/mol. The number of carbonyl (C=O) groups is 7. The van der Waals surface area contributed by atoms with Crippen LogP contribution in [0, 0.1) is 11.8 Å². The molecule has 0 spiro atoms. The van der Waals surface area contributed by atoms with Crippen molar-refractivity contribution in [3.63, 3.8) is 0 Å². The van der Waals surface area contributed by atoms with E-state index in [2.05, 4.69) is 50.4 Å². The molecular formula is C53H72N8O10S2. The molecule has 396 valence electrons. The Hall–Kier alpha value is -4.89. The van der Waals surface area contributed by atoms with Gasteiger partial charge in [0.2, 0.25) is 39.6 Å². The van der Waals surface area contributed by atoms with Gasteiger partial charge in [-0.2, -0.15) is 0 Å². The molecule has 0 aromatic heterocycles. The van der Waals surface area contributed by atoms with Crippen LogP contribution in [0.2, 0.25) is 0 Å². The maximum atomic E-state index is 13.5. The van der Waals surface area contributed by atoms with E-state index >= 15 is 0 Å². The summed E-state index contributed by atoms with van der Waals surface area (Å²) in [5.74, 6) is -1.36. The average molecular weight is 1050 g/mol. The van der Waals surface area contributed by atoms with Crippen molar-refractivity contribution in [3.8, 4) is 5.75 Å². The van der Waals surface area contributed by atoms with Gasteiger partial charge in [0.15, 0.2) is 0 Å². The molecular weight excluding hydrogens is 973 g/mol. The quantitative estimate of drug-likeness (QED) is 0.120. The normalized spacial score (nSPS) is 26.8. The van der Waals surface area contributed by atoms with E-state index in [9.17, 15) is 42.0 Å². The molecule has 1 saturated carbocycles. The molecule has 6 aliphatic heterocycles. The highest BCUT2D eigenvalue weighted by molar-refractivity contribution is 8.00. The zero-order valence-corrected chi connectivity index (χ0v) is 43.7. The number of thioether (sulfide) groups is 1. The van der Waals surface area contributed by atoms with E-state index in [1.165, 1.54) is 60.4 Å². The fourth-order valence-electron chi connectivity index (χ4n) is 12.1. The molecule has 0 radical (unpaired) electrons. The Kier molecular flexibility index (Phi) is 17.2. The van der Waals surface area contributed by atoms with Crippen molar-refractivity contribution >= 4 is 63.1 Å². The summed E-state index contributed by atoms with van der Waals surface area (Å²) in [6, 6.07) is 13.8. The van der Waals surface area contributed by atoms with E-state index in [4.69, 9.17) is 4.74 Å². The van der Waals surface area contributed by atoms with Crippen molar-refractivity contribution in [2.45, 2.75) is 145 Å². The Morgan fingerprint density at radius 1 is 0.849 bits per heavy atom. The third-order valence-electron chi connectivity index (χ3n) is 16.3. The molecule has 2 aromatic carbocycles. The fraction of sp³-hybridized carbons (Fsp3) is 0.642. The number of sulfonamides is 1. The molecule has 5 saturated heterocycles. The van der Waals surface area contributed by atoms with Crippen molar-refractivity contribution in [1.29, 1.82) is 0 Å². The summed E-state index contributed by atoms with van der Waals surface area (Å²) in [5.41, 5.74) is 2.57. The minimum Gasteiger partial charge on any atom is -0.493 e. The molecule has 4 N–H and O–H groups in total. The summed E-state index contributed by atoms with van der Waals surface area (Å²) < 4.78 is 31.1. The van der Waals surface area contributed by atoms with Crippen molar-refractivity contribution < 1.29 is 46.7 Å². The minimum absolute atomic E-state index is 0.0497. The number of nitrogens with one attached hydrogen (secondary N) is 4. The van der Waals surface area contributed by atoms with Gasteiger partial charge in [-0.3, -0.25) is 54.0 Å². The first-order valence-electron chi connectivity index (χ1n) is 26.7. The third-order valence-corrected chi connectivity index (χ3v) is 18.7. The molecule has 6 heterocycles. The van der Waals surface area contributed by atoms with Crippen LogP contribution in [-0.4, -0.2) is 150 Å². The molecule has 6 fully saturated rings. The SMILES string of the molecule is CS(=O)(=O)N1CCC(C(=O)NCC(=O)NC2NC(c3cccc(C4CCN(C5CCCCCCC5)C(CCCCC(=O)N5CC(CCOc6cccc7c6C(=O)N([C@H]6CCC(=O)NC6=O)C7=O)C5)C4)c3)CS2)C1. The molecule has 73 heavy (non-hydrogen) atoms. The van der Waals surface area contributed by atoms with Gasteiger partial charge in [0.1, 0.15) is 17.3 Å². The molecule has 18 nitrogen and oxygen atoms in total. The van der Waals surface area contributed by atoms with E-state index < -0.39 is 45.6 Å². The standard InChI is InChI=1S/C53H72N8O10S2/c1-73(69,70)59-24-21-38(32-59)49(65)54-29-46(63)57-53-55-42(33-72-53)37-12-9-11-35(27-37)36-22-25-60(39-13-5-3-2-4-6-14-39)40(28-36)15-7-8-18-47(64)58-30-34(31-58)23-26-71-44-17-10-16-41-48(44)52(68)61(51(41)67)43-19-20-45(62)56-50(43)66/h9-12,16-17,27,34,36,38-40,42-43,53,55H,2-8,13-15,18-26,28-33H2,1H3,(H,54,65)(H,57,63)(H,56,62,66)/t36?,38?,40?,42?,43-,53?/m0/s1. The number of fused-ring (bicyclic) bond motifs is 1. The molecule has 20 heteroatoms. The Morgan fingerprint density at radius 2 is 1.62 bits per heavy atom. The number of hydrogen-bond donors (Lipinski definition) is 4. The van der Waals surface area contributed by atoms with Crippen molar-refractivity contribution in [3.05, 3.63) is 64.7 Å². The molecule has 6 atom stereocenters. The van der Waals surface area contributed by atoms with Gasteiger partial charge in [-0.1, -0.05) is 68.9 Å². The number of ether oxygens (including phenoxy) is 1. The highest BCUT2D eigenvalue weighted by Crippen LogP contribution is 2.39. The number of piperidine rings is 2. The molecule has 0 bridgehead atoms. The lowest BCUT2D eigenvalue weighted by molar-refractivity contribution is -0.138. The van der Waals surface area contributed by atoms with Gasteiger partial charge in [0, 0.05) is 62.9 Å². The molecule has 7 amide bonds. The molecule has 7 aliphatic rings. The van der Waals surface area contributed by atoms with Gasteiger partial charge in [-0.25, -0.2) is 12.7 Å². The lowest BCUT2D eigenvalue weighted by Gasteiger charge is -2.45. The van der Waals surface area contributed by atoms with Crippen molar-refractivity contribution in [2.75, 3.05) is 57.9 Å². The summed E-state index contributed by atoms with van der Waals surface area (Å²) >= 11 is 1.62. The Labute approximate surface area is 433 Å². The number of amides is 7. The monoisotopic (exact) mass is 1040 g/mol. The highest BCUT2D eigenvalue weighted by Gasteiger charge is 2.46. The number of benzene rings is 2. The van der Waals surface area contributed by atoms with E-state index in [1.54, 1.807) is 30.0 Å². The van der Waals surface area contributed by atoms with Gasteiger partial charge < -0.3 is 20.3 Å². The zero-order valence-electron chi connectivity index (χ0n) is 42.0. The van der Waals surface area contributed by atoms with Crippen LogP contribution >= 0.6 is 11.8 Å². The van der Waals surface area contributed by atoms with E-state index in [-0.39, 0.29) is 78.0 Å². The number of unbranched alkanes of at least 4 members (excludes halogenated alkanes) is 1. The number of nitrogens with zero attached hydrogens (tertiary/aromatic N) is 4. The second-order valence-corrected chi connectivity index (χ2v) is 24.4. The van der Waals surface area contributed by atoms with Gasteiger partial charge in [0.05, 0.1) is 36.5 Å². The van der Waals surface area contributed by atoms with E-state index in [0.717, 1.165) is 55.6 Å². The van der Waals surface area contributed by atoms with Crippen LogP contribution in [0.15, 0.2) is 42.5 Å². The predicted octanol–water partition coefficient (Wildman–Crippen LogP) is 4.41. The van der Waals surface area contributed by atoms with Crippen molar-refractivity contribution in [1.82, 2.24) is 40.3 Å². The zero-order chi connectivity index (χ0) is 51.2. The summed E-state index contributed by atoms with van der Waals surface area (Å²) in [6.45, 7) is 2.98. The summed E-state index contributed by atoms with van der Waals surface area (Å²) in [6.07, 6.45) is 17.0. The first-order chi connectivity index (χ1) is 35.2. The van der Waals surface area contributed by atoms with Crippen LogP contribution in [0.25, 0.3) is 0 Å². The third kappa shape index (κ3) is 12.8. The Balaban J connectivity index is 0.718. The average Bonchev–Trinajstić information content (AvgIpc) is 4.10. The minimum atomic E-state index is -3.36. The van der Waals surface area contributed by atoms with E-state index in [0.29, 0.717) is 63.5 Å². The number of hydrogen-bond acceptors (Lipinski definition) is 13. The highest BCUT2D eigenvalue weighted by atomic mass is 32.2. The number of likely N-dealkylation sites (tertiary alicyclic amines) is 2. The lowest BCUT2D eigenvalue weighted by Crippen LogP contribution is -2.54. The second kappa shape index (κ2) is 23.8. The maximum absolute atomic E-state index is 13.5. The van der Waals surface area contributed by atoms with Gasteiger partial charge in [-0.15, -0.1) is 11.8 Å². The van der Waals surface area contributed by atoms with Crippen molar-refractivity contribution in [2.24, 2.45) is 11.8 Å². The molecule has 2 aromatic rings. The second-order valence-electron chi connectivity index (χ2n) is 21.3. The van der Waals surface area contributed by atoms with Gasteiger partial charge in [0.25, 0.3) is 11.8 Å². The van der Waals surface area contributed by atoms with Gasteiger partial charge in [-0.05, 0) is 99.4 Å². The number of rotatable bonds is 18. The van der Waals surface area contributed by atoms with Crippen LogP contribution in [0.4, 0.5) is 0 Å². The van der Waals surface area contributed by atoms with E-state index in [1.807, 2.05) is 4.90 Å². The van der Waals surface area contributed by atoms with Gasteiger partial charge >= 0.3 is 0 Å². The number of imide groups is 2. The fourth-order valence-corrected chi connectivity index (χ4v) is 14.2. The van der Waals surface area contributed by atoms with Crippen LogP contribution in [0.5, 0.6) is 5.75 Å². The summed E-state index contributed by atoms with van der Waals surface area (Å²) in [5, 5.41) is 11.5. The Morgan fingerprint density at radius 3 is 2.38 bits per heavy atom. The first-order valence-corrected chi connectivity index (χ1v) is 29.6. The summed E-state index contributed by atoms with van der Waals surface area (Å²) in [7, 11) is -3.36. The molecule has 9 rings (SSSR count). The topological polar surface area (TPSA) is 224 Å².